The van der Waals surface area contributed by atoms with Crippen molar-refractivity contribution in [1.82, 2.24) is 0 Å². The Bertz CT molecular complexity index is 477. The molecule has 3 heterocycles. The summed E-state index contributed by atoms with van der Waals surface area (Å²) in [6.07, 6.45) is 2.35. The van der Waals surface area contributed by atoms with Crippen LogP contribution in [0.3, 0.4) is 0 Å². The van der Waals surface area contributed by atoms with Gasteiger partial charge in [0.2, 0.25) is 5.78 Å². The van der Waals surface area contributed by atoms with Crippen LogP contribution in [0.5, 0.6) is 0 Å². The molecule has 0 aromatic carbocycles. The van der Waals surface area contributed by atoms with Crippen molar-refractivity contribution in [2.45, 2.75) is 57.0 Å². The van der Waals surface area contributed by atoms with Gasteiger partial charge in [-0.05, 0) is 30.6 Å². The van der Waals surface area contributed by atoms with E-state index in [1.165, 1.54) is 0 Å². The molecule has 0 radical (unpaired) electrons. The Morgan fingerprint density at radius 1 is 1.40 bits per heavy atom. The Hall–Kier alpha value is -0.653. The largest absolute Gasteiger partial charge is 0.541 e. The van der Waals surface area contributed by atoms with E-state index in [4.69, 9.17) is 13.9 Å². The molecule has 2 saturated heterocycles. The highest BCUT2D eigenvalue weighted by Crippen LogP contribution is 2.48. The summed E-state index contributed by atoms with van der Waals surface area (Å²) < 4.78 is 17.7. The zero-order chi connectivity index (χ0) is 14.8. The normalized spacial score (nSPS) is 36.9. The fraction of sp³-hybridized carbons (Fsp3) is 0.800. The first-order valence-corrected chi connectivity index (χ1v) is 10.3. The molecule has 0 aromatic heterocycles. The van der Waals surface area contributed by atoms with Gasteiger partial charge < -0.3 is 13.9 Å². The Labute approximate surface area is 121 Å². The van der Waals surface area contributed by atoms with Crippen molar-refractivity contribution in [2.24, 2.45) is 5.92 Å². The molecule has 0 aromatic rings. The average molecular weight is 296 g/mol. The van der Waals surface area contributed by atoms with Crippen molar-refractivity contribution >= 4 is 14.1 Å². The fourth-order valence-electron chi connectivity index (χ4n) is 2.90. The maximum Gasteiger partial charge on any atom is 0.250 e. The van der Waals surface area contributed by atoms with E-state index in [2.05, 4.69) is 33.9 Å². The van der Waals surface area contributed by atoms with Crippen LogP contribution < -0.4 is 0 Å². The second-order valence-electron chi connectivity index (χ2n) is 7.74. The van der Waals surface area contributed by atoms with Crippen molar-refractivity contribution in [1.29, 1.82) is 0 Å². The highest BCUT2D eigenvalue weighted by Gasteiger charge is 2.57. The third-order valence-corrected chi connectivity index (χ3v) is 9.62. The van der Waals surface area contributed by atoms with E-state index in [-0.39, 0.29) is 16.9 Å². The van der Waals surface area contributed by atoms with E-state index in [0.717, 1.165) is 6.42 Å². The highest BCUT2D eigenvalue weighted by atomic mass is 28.4. The number of ketones is 1. The van der Waals surface area contributed by atoms with Gasteiger partial charge in [-0.15, -0.1) is 0 Å². The van der Waals surface area contributed by atoms with Gasteiger partial charge in [-0.3, -0.25) is 4.79 Å². The molecule has 112 valence electrons. The van der Waals surface area contributed by atoms with Crippen molar-refractivity contribution in [3.05, 3.63) is 11.8 Å². The van der Waals surface area contributed by atoms with Crippen molar-refractivity contribution < 1.29 is 18.7 Å². The molecule has 3 aliphatic rings. The topological polar surface area (TPSA) is 44.8 Å². The van der Waals surface area contributed by atoms with Crippen LogP contribution in [0.1, 0.15) is 27.2 Å². The Morgan fingerprint density at radius 3 is 2.75 bits per heavy atom. The highest BCUT2D eigenvalue weighted by molar-refractivity contribution is 6.74. The number of carbonyl (C=O) groups is 1. The summed E-state index contributed by atoms with van der Waals surface area (Å²) in [4.78, 5) is 12.5. The molecule has 0 unspecified atom stereocenters. The molecule has 3 atom stereocenters. The summed E-state index contributed by atoms with van der Waals surface area (Å²) in [5, 5.41) is 0.0781. The summed E-state index contributed by atoms with van der Waals surface area (Å²) in [5.41, 5.74) is -0.406. The minimum atomic E-state index is -2.00. The summed E-state index contributed by atoms with van der Waals surface area (Å²) in [6.45, 7) is 12.1. The van der Waals surface area contributed by atoms with Crippen molar-refractivity contribution in [2.75, 3.05) is 13.2 Å². The van der Waals surface area contributed by atoms with E-state index in [9.17, 15) is 4.79 Å². The van der Waals surface area contributed by atoms with E-state index in [1.807, 2.05) is 6.08 Å². The molecule has 5 heteroatoms. The Balaban J connectivity index is 1.90. The van der Waals surface area contributed by atoms with Crippen LogP contribution in [0, 0.1) is 5.92 Å². The maximum atomic E-state index is 12.5. The standard InChI is InChI=1S/C15H24O4Si/c1-14(2,3)20(4,5)19-12-7-15-9-17-8-10(15)6-11(18-15)13(12)16/h7,10-11H,6,8-9H2,1-5H3/t10-,11-,15-/m0/s1. The second kappa shape index (κ2) is 4.18. The molecule has 3 aliphatic heterocycles. The molecule has 20 heavy (non-hydrogen) atoms. The van der Waals surface area contributed by atoms with Gasteiger partial charge >= 0.3 is 0 Å². The molecule has 0 amide bonds. The van der Waals surface area contributed by atoms with Crippen LogP contribution in [-0.4, -0.2) is 39.0 Å². The molecule has 2 fully saturated rings. The van der Waals surface area contributed by atoms with Gasteiger partial charge in [0.1, 0.15) is 17.5 Å². The van der Waals surface area contributed by atoms with Crippen LogP contribution >= 0.6 is 0 Å². The number of rotatable bonds is 2. The quantitative estimate of drug-likeness (QED) is 0.735. The lowest BCUT2D eigenvalue weighted by atomic mass is 9.91. The first-order valence-electron chi connectivity index (χ1n) is 7.36. The van der Waals surface area contributed by atoms with Gasteiger partial charge in [-0.1, -0.05) is 20.8 Å². The van der Waals surface area contributed by atoms with E-state index < -0.39 is 13.9 Å². The molecule has 0 aliphatic carbocycles. The molecule has 2 bridgehead atoms. The van der Waals surface area contributed by atoms with Gasteiger partial charge in [-0.2, -0.15) is 0 Å². The Morgan fingerprint density at radius 2 is 2.10 bits per heavy atom. The summed E-state index contributed by atoms with van der Waals surface area (Å²) in [7, 11) is -2.00. The lowest BCUT2D eigenvalue weighted by Crippen LogP contribution is -2.45. The zero-order valence-corrected chi connectivity index (χ0v) is 14.0. The minimum Gasteiger partial charge on any atom is -0.541 e. The monoisotopic (exact) mass is 296 g/mol. The van der Waals surface area contributed by atoms with Gasteiger partial charge in [0, 0.05) is 5.92 Å². The van der Waals surface area contributed by atoms with Crippen LogP contribution in [0.15, 0.2) is 11.8 Å². The second-order valence-corrected chi connectivity index (χ2v) is 12.5. The number of ether oxygens (including phenoxy) is 2. The van der Waals surface area contributed by atoms with Gasteiger partial charge in [0.25, 0.3) is 8.32 Å². The summed E-state index contributed by atoms with van der Waals surface area (Å²) in [6, 6.07) is 0. The first kappa shape index (κ1) is 14.3. The zero-order valence-electron chi connectivity index (χ0n) is 13.0. The number of hydrogen-bond acceptors (Lipinski definition) is 4. The lowest BCUT2D eigenvalue weighted by Gasteiger charge is -2.39. The lowest BCUT2D eigenvalue weighted by molar-refractivity contribution is -0.135. The molecule has 1 spiro atoms. The first-order chi connectivity index (χ1) is 9.15. The Kier molecular flexibility index (Phi) is 2.99. The molecular weight excluding hydrogens is 272 g/mol. The van der Waals surface area contributed by atoms with Crippen molar-refractivity contribution in [3.8, 4) is 0 Å². The maximum absolute atomic E-state index is 12.5. The SMILES string of the molecule is CC(C)(C)[Si](C)(C)OC1=C[C@]23COC[C@@H]2C[C@H](O3)C1=O. The summed E-state index contributed by atoms with van der Waals surface area (Å²) >= 11 is 0. The van der Waals surface area contributed by atoms with E-state index in [0.29, 0.717) is 24.9 Å². The molecule has 0 saturated carbocycles. The average Bonchev–Trinajstić information content (AvgIpc) is 2.78. The van der Waals surface area contributed by atoms with Crippen LogP contribution in [0.25, 0.3) is 0 Å². The van der Waals surface area contributed by atoms with Crippen LogP contribution in [0.4, 0.5) is 0 Å². The number of hydrogen-bond donors (Lipinski definition) is 0. The number of carbonyl (C=O) groups excluding carboxylic acids is 1. The molecule has 0 N–H and O–H groups in total. The third kappa shape index (κ3) is 1.98. The smallest absolute Gasteiger partial charge is 0.250 e. The minimum absolute atomic E-state index is 0.0230. The van der Waals surface area contributed by atoms with Gasteiger partial charge in [-0.25, -0.2) is 0 Å². The van der Waals surface area contributed by atoms with Gasteiger partial charge in [0.05, 0.1) is 13.2 Å². The third-order valence-electron chi connectivity index (χ3n) is 5.28. The van der Waals surface area contributed by atoms with Gasteiger partial charge in [0.15, 0.2) is 0 Å². The molecule has 4 nitrogen and oxygen atoms in total. The summed E-state index contributed by atoms with van der Waals surface area (Å²) in [5.74, 6) is 0.854. The molecular formula is C15H24O4Si. The van der Waals surface area contributed by atoms with Crippen LogP contribution in [0.2, 0.25) is 18.1 Å². The predicted molar refractivity (Wildman–Crippen MR) is 77.9 cm³/mol. The number of fused-ring (bicyclic) bond motifs is 1. The van der Waals surface area contributed by atoms with Crippen LogP contribution in [-0.2, 0) is 18.7 Å². The van der Waals surface area contributed by atoms with E-state index >= 15 is 0 Å². The molecule has 3 rings (SSSR count). The van der Waals surface area contributed by atoms with E-state index in [1.54, 1.807) is 0 Å². The fourth-order valence-corrected chi connectivity index (χ4v) is 3.92. The van der Waals surface area contributed by atoms with Crippen molar-refractivity contribution in [3.63, 3.8) is 0 Å². The predicted octanol–water partition coefficient (Wildman–Crippen LogP) is 2.65. The number of Topliss-reactive ketones (excluding diaryl/α,β-unsaturated/α-hetero) is 1.